The standard InChI is InChI=1S/C13H20N4S2/c1-4-9-5-6-10(8-14)11(7-9)18-13-16-15-12(19-13)17(2)3/h9-11H,4-7H2,1-3H3. The second-order valence-electron chi connectivity index (χ2n) is 5.22. The number of aromatic nitrogens is 2. The van der Waals surface area contributed by atoms with Crippen LogP contribution < -0.4 is 4.90 Å². The quantitative estimate of drug-likeness (QED) is 0.852. The van der Waals surface area contributed by atoms with Gasteiger partial charge in [-0.1, -0.05) is 36.4 Å². The van der Waals surface area contributed by atoms with E-state index in [-0.39, 0.29) is 5.92 Å². The Labute approximate surface area is 123 Å². The van der Waals surface area contributed by atoms with E-state index in [1.165, 1.54) is 12.8 Å². The van der Waals surface area contributed by atoms with E-state index in [0.29, 0.717) is 5.25 Å². The van der Waals surface area contributed by atoms with Gasteiger partial charge in [-0.05, 0) is 25.2 Å². The van der Waals surface area contributed by atoms with Crippen LogP contribution in [0.25, 0.3) is 0 Å². The van der Waals surface area contributed by atoms with E-state index in [2.05, 4.69) is 23.2 Å². The van der Waals surface area contributed by atoms with Crippen LogP contribution in [-0.4, -0.2) is 29.5 Å². The molecule has 1 aromatic rings. The van der Waals surface area contributed by atoms with E-state index in [0.717, 1.165) is 28.2 Å². The zero-order chi connectivity index (χ0) is 13.8. The van der Waals surface area contributed by atoms with Crippen molar-refractivity contribution in [1.29, 1.82) is 5.26 Å². The molecule has 19 heavy (non-hydrogen) atoms. The van der Waals surface area contributed by atoms with Gasteiger partial charge >= 0.3 is 0 Å². The Balaban J connectivity index is 2.03. The maximum atomic E-state index is 9.29. The summed E-state index contributed by atoms with van der Waals surface area (Å²) in [6.45, 7) is 2.24. The Kier molecular flexibility index (Phi) is 5.06. The van der Waals surface area contributed by atoms with E-state index >= 15 is 0 Å². The fraction of sp³-hybridized carbons (Fsp3) is 0.769. The first kappa shape index (κ1) is 14.6. The van der Waals surface area contributed by atoms with E-state index in [9.17, 15) is 5.26 Å². The first-order valence-corrected chi connectivity index (χ1v) is 8.40. The van der Waals surface area contributed by atoms with Gasteiger partial charge in [0.25, 0.3) is 0 Å². The average molecular weight is 296 g/mol. The van der Waals surface area contributed by atoms with Gasteiger partial charge in [0.1, 0.15) is 0 Å². The van der Waals surface area contributed by atoms with Crippen LogP contribution in [0.15, 0.2) is 4.34 Å². The lowest BCUT2D eigenvalue weighted by molar-refractivity contribution is 0.317. The summed E-state index contributed by atoms with van der Waals surface area (Å²) in [6.07, 6.45) is 4.58. The summed E-state index contributed by atoms with van der Waals surface area (Å²) in [7, 11) is 3.95. The molecule has 3 atom stereocenters. The van der Waals surface area contributed by atoms with Gasteiger partial charge in [-0.3, -0.25) is 0 Å². The Morgan fingerprint density at radius 2 is 2.21 bits per heavy atom. The van der Waals surface area contributed by atoms with Crippen LogP contribution in [0.1, 0.15) is 32.6 Å². The molecule has 1 heterocycles. The largest absolute Gasteiger partial charge is 0.353 e. The van der Waals surface area contributed by atoms with Crippen LogP contribution >= 0.6 is 23.1 Å². The van der Waals surface area contributed by atoms with Gasteiger partial charge in [0, 0.05) is 19.3 Å². The molecule has 1 aliphatic carbocycles. The number of anilines is 1. The summed E-state index contributed by atoms with van der Waals surface area (Å²) < 4.78 is 0.991. The molecule has 104 valence electrons. The molecule has 1 fully saturated rings. The molecular formula is C13H20N4S2. The van der Waals surface area contributed by atoms with Gasteiger partial charge in [0.15, 0.2) is 4.34 Å². The van der Waals surface area contributed by atoms with Gasteiger partial charge in [-0.15, -0.1) is 10.2 Å². The first-order valence-electron chi connectivity index (χ1n) is 6.71. The number of rotatable bonds is 4. The van der Waals surface area contributed by atoms with Gasteiger partial charge < -0.3 is 4.90 Å². The molecular weight excluding hydrogens is 276 g/mol. The smallest absolute Gasteiger partial charge is 0.208 e. The third kappa shape index (κ3) is 3.61. The minimum absolute atomic E-state index is 0.166. The van der Waals surface area contributed by atoms with Crippen molar-refractivity contribution in [1.82, 2.24) is 10.2 Å². The average Bonchev–Trinajstić information content (AvgIpc) is 2.87. The summed E-state index contributed by atoms with van der Waals surface area (Å²) in [5, 5.41) is 19.0. The van der Waals surface area contributed by atoms with Crippen molar-refractivity contribution in [2.24, 2.45) is 11.8 Å². The molecule has 1 aliphatic rings. The predicted octanol–water partition coefficient (Wildman–Crippen LogP) is 3.41. The molecule has 0 N–H and O–H groups in total. The monoisotopic (exact) mass is 296 g/mol. The minimum atomic E-state index is 0.166. The fourth-order valence-corrected chi connectivity index (χ4v) is 4.79. The molecule has 0 amide bonds. The van der Waals surface area contributed by atoms with Gasteiger partial charge in [-0.25, -0.2) is 0 Å². The van der Waals surface area contributed by atoms with Crippen LogP contribution in [0.2, 0.25) is 0 Å². The molecule has 3 unspecified atom stereocenters. The summed E-state index contributed by atoms with van der Waals surface area (Å²) in [6, 6.07) is 2.47. The number of hydrogen-bond donors (Lipinski definition) is 0. The van der Waals surface area contributed by atoms with Crippen LogP contribution in [-0.2, 0) is 0 Å². The van der Waals surface area contributed by atoms with E-state index < -0.39 is 0 Å². The van der Waals surface area contributed by atoms with Gasteiger partial charge in [0.05, 0.1) is 12.0 Å². The predicted molar refractivity (Wildman–Crippen MR) is 80.6 cm³/mol. The van der Waals surface area contributed by atoms with Crippen molar-refractivity contribution in [3.63, 3.8) is 0 Å². The Morgan fingerprint density at radius 3 is 2.79 bits per heavy atom. The zero-order valence-corrected chi connectivity index (χ0v) is 13.3. The Bertz CT molecular complexity index is 452. The van der Waals surface area contributed by atoms with E-state index in [1.807, 2.05) is 19.0 Å². The molecule has 0 radical (unpaired) electrons. The van der Waals surface area contributed by atoms with E-state index in [1.54, 1.807) is 23.1 Å². The molecule has 4 nitrogen and oxygen atoms in total. The molecule has 0 spiro atoms. The van der Waals surface area contributed by atoms with Crippen molar-refractivity contribution in [2.75, 3.05) is 19.0 Å². The highest BCUT2D eigenvalue weighted by Crippen LogP contribution is 2.42. The Hall–Kier alpha value is -0.800. The molecule has 0 bridgehead atoms. The van der Waals surface area contributed by atoms with Gasteiger partial charge in [-0.2, -0.15) is 5.26 Å². The number of nitrogens with zero attached hydrogens (tertiary/aromatic N) is 4. The van der Waals surface area contributed by atoms with Crippen molar-refractivity contribution in [3.05, 3.63) is 0 Å². The van der Waals surface area contributed by atoms with Crippen molar-refractivity contribution in [2.45, 2.75) is 42.2 Å². The summed E-state index contributed by atoms with van der Waals surface area (Å²) in [5.41, 5.74) is 0. The highest BCUT2D eigenvalue weighted by Gasteiger charge is 2.31. The van der Waals surface area contributed by atoms with Crippen molar-refractivity contribution >= 4 is 28.2 Å². The zero-order valence-electron chi connectivity index (χ0n) is 11.7. The third-order valence-corrected chi connectivity index (χ3v) is 6.21. The number of nitriles is 1. The fourth-order valence-electron chi connectivity index (χ4n) is 2.42. The maximum absolute atomic E-state index is 9.29. The van der Waals surface area contributed by atoms with E-state index in [4.69, 9.17) is 0 Å². The summed E-state index contributed by atoms with van der Waals surface area (Å²) >= 11 is 3.36. The lowest BCUT2D eigenvalue weighted by atomic mass is 9.81. The van der Waals surface area contributed by atoms with Crippen LogP contribution in [0.3, 0.4) is 0 Å². The van der Waals surface area contributed by atoms with Crippen LogP contribution in [0, 0.1) is 23.2 Å². The molecule has 0 aromatic carbocycles. The highest BCUT2D eigenvalue weighted by atomic mass is 32.2. The lowest BCUT2D eigenvalue weighted by Crippen LogP contribution is -2.25. The minimum Gasteiger partial charge on any atom is -0.353 e. The summed E-state index contributed by atoms with van der Waals surface area (Å²) in [4.78, 5) is 1.97. The second kappa shape index (κ2) is 6.58. The number of hydrogen-bond acceptors (Lipinski definition) is 6. The SMILES string of the molecule is CCC1CCC(C#N)C(Sc2nnc(N(C)C)s2)C1. The van der Waals surface area contributed by atoms with Gasteiger partial charge in [0.2, 0.25) is 5.13 Å². The molecule has 0 saturated heterocycles. The third-order valence-electron chi connectivity index (χ3n) is 3.67. The normalized spacial score (nSPS) is 26.9. The first-order chi connectivity index (χ1) is 9.13. The molecule has 0 aliphatic heterocycles. The Morgan fingerprint density at radius 1 is 1.42 bits per heavy atom. The number of thioether (sulfide) groups is 1. The molecule has 6 heteroatoms. The molecule has 1 aromatic heterocycles. The van der Waals surface area contributed by atoms with Crippen molar-refractivity contribution < 1.29 is 0 Å². The van der Waals surface area contributed by atoms with Crippen LogP contribution in [0.4, 0.5) is 5.13 Å². The summed E-state index contributed by atoms with van der Waals surface area (Å²) in [5.74, 6) is 0.933. The topological polar surface area (TPSA) is 52.8 Å². The maximum Gasteiger partial charge on any atom is 0.208 e. The highest BCUT2D eigenvalue weighted by molar-refractivity contribution is 8.01. The molecule has 2 rings (SSSR count). The lowest BCUT2D eigenvalue weighted by Gasteiger charge is -2.31. The van der Waals surface area contributed by atoms with Crippen LogP contribution in [0.5, 0.6) is 0 Å². The molecule has 1 saturated carbocycles. The second-order valence-corrected chi connectivity index (χ2v) is 7.67. The van der Waals surface area contributed by atoms with Crippen molar-refractivity contribution in [3.8, 4) is 6.07 Å².